The molecule has 2 aromatic carbocycles. The number of nitrogens with zero attached hydrogens (tertiary/aromatic N) is 2. The molecule has 3 nitrogen and oxygen atoms in total. The van der Waals surface area contributed by atoms with Crippen molar-refractivity contribution in [3.8, 4) is 0 Å². The number of amides is 1. The topological polar surface area (TPSA) is 33.2 Å². The lowest BCUT2D eigenvalue weighted by atomic mass is 10.2. The molecule has 23 heavy (non-hydrogen) atoms. The van der Waals surface area contributed by atoms with Gasteiger partial charge in [0.15, 0.2) is 5.13 Å². The molecule has 0 fully saturated rings. The largest absolute Gasteiger partial charge is 0.284 e. The molecule has 0 atom stereocenters. The van der Waals surface area contributed by atoms with E-state index in [-0.39, 0.29) is 10.6 Å². The van der Waals surface area contributed by atoms with Gasteiger partial charge in [0.2, 0.25) is 0 Å². The van der Waals surface area contributed by atoms with Crippen LogP contribution in [-0.4, -0.2) is 17.4 Å². The lowest BCUT2D eigenvalue weighted by molar-refractivity contribution is 0.0984. The van der Waals surface area contributed by atoms with E-state index in [9.17, 15) is 9.18 Å². The van der Waals surface area contributed by atoms with Gasteiger partial charge in [0.25, 0.3) is 5.91 Å². The van der Waals surface area contributed by atoms with Crippen molar-refractivity contribution in [2.45, 2.75) is 6.92 Å². The van der Waals surface area contributed by atoms with Crippen molar-refractivity contribution in [1.82, 2.24) is 4.98 Å². The Labute approximate surface area is 146 Å². The molecule has 1 heterocycles. The van der Waals surface area contributed by atoms with Crippen molar-refractivity contribution < 1.29 is 9.18 Å². The number of halogens is 3. The van der Waals surface area contributed by atoms with Gasteiger partial charge in [-0.3, -0.25) is 9.69 Å². The third-order valence-electron chi connectivity index (χ3n) is 3.29. The molecule has 1 amide bonds. The summed E-state index contributed by atoms with van der Waals surface area (Å²) < 4.78 is 14.9. The molecule has 0 aliphatic carbocycles. The van der Waals surface area contributed by atoms with E-state index >= 15 is 0 Å². The van der Waals surface area contributed by atoms with E-state index < -0.39 is 11.7 Å². The van der Waals surface area contributed by atoms with Crippen LogP contribution in [0.5, 0.6) is 0 Å². The molecule has 0 bridgehead atoms. The van der Waals surface area contributed by atoms with Crippen LogP contribution < -0.4 is 4.90 Å². The number of carbonyl (C=O) groups is 1. The summed E-state index contributed by atoms with van der Waals surface area (Å²) in [5.74, 6) is -1.10. The number of aromatic nitrogens is 1. The molecule has 0 saturated carbocycles. The number of carbonyl (C=O) groups excluding carboxylic acids is 1. The summed E-state index contributed by atoms with van der Waals surface area (Å²) in [6.45, 7) is 2.18. The van der Waals surface area contributed by atoms with Gasteiger partial charge < -0.3 is 0 Å². The van der Waals surface area contributed by atoms with Crippen LogP contribution in [0.3, 0.4) is 0 Å². The minimum Gasteiger partial charge on any atom is -0.284 e. The fourth-order valence-electron chi connectivity index (χ4n) is 2.18. The highest BCUT2D eigenvalue weighted by Crippen LogP contribution is 2.31. The molecule has 3 aromatic rings. The number of hydrogen-bond donors (Lipinski definition) is 0. The van der Waals surface area contributed by atoms with E-state index in [0.717, 1.165) is 10.8 Å². The van der Waals surface area contributed by atoms with Gasteiger partial charge in [-0.25, -0.2) is 9.37 Å². The number of benzene rings is 2. The molecule has 0 aliphatic heterocycles. The van der Waals surface area contributed by atoms with Crippen LogP contribution in [0.1, 0.15) is 17.3 Å². The number of hydrogen-bond acceptors (Lipinski definition) is 3. The van der Waals surface area contributed by atoms with Crippen LogP contribution in [0.15, 0.2) is 36.4 Å². The summed E-state index contributed by atoms with van der Waals surface area (Å²) in [7, 11) is 0. The lowest BCUT2D eigenvalue weighted by Gasteiger charge is -2.18. The van der Waals surface area contributed by atoms with Gasteiger partial charge in [-0.15, -0.1) is 0 Å². The van der Waals surface area contributed by atoms with E-state index in [0.29, 0.717) is 22.2 Å². The van der Waals surface area contributed by atoms with Gasteiger partial charge in [-0.05, 0) is 43.3 Å². The summed E-state index contributed by atoms with van der Waals surface area (Å²) in [4.78, 5) is 18.5. The highest BCUT2D eigenvalue weighted by molar-refractivity contribution is 7.22. The van der Waals surface area contributed by atoms with Gasteiger partial charge in [0.05, 0.1) is 15.8 Å². The first-order valence-electron chi connectivity index (χ1n) is 6.82. The molecule has 7 heteroatoms. The molecule has 0 spiro atoms. The molecule has 0 radical (unpaired) electrons. The van der Waals surface area contributed by atoms with Crippen LogP contribution >= 0.6 is 34.5 Å². The van der Waals surface area contributed by atoms with Gasteiger partial charge in [-0.2, -0.15) is 0 Å². The van der Waals surface area contributed by atoms with E-state index in [1.165, 1.54) is 28.4 Å². The van der Waals surface area contributed by atoms with Crippen molar-refractivity contribution in [3.05, 3.63) is 57.8 Å². The Morgan fingerprint density at radius 3 is 2.61 bits per heavy atom. The molecule has 118 valence electrons. The SMILES string of the molecule is CCN(C(=O)c1ccc(Cl)cc1F)c1nc2cc(Cl)ccc2s1. The zero-order chi connectivity index (χ0) is 16.6. The molecule has 0 saturated heterocycles. The van der Waals surface area contributed by atoms with E-state index in [1.54, 1.807) is 12.1 Å². The monoisotopic (exact) mass is 368 g/mol. The maximum Gasteiger partial charge on any atom is 0.263 e. The fraction of sp³-hybridized carbons (Fsp3) is 0.125. The van der Waals surface area contributed by atoms with Crippen LogP contribution in [0.4, 0.5) is 9.52 Å². The van der Waals surface area contributed by atoms with Crippen LogP contribution in [0, 0.1) is 5.82 Å². The maximum atomic E-state index is 14.0. The Bertz CT molecular complexity index is 897. The molecule has 1 aromatic heterocycles. The minimum atomic E-state index is -0.648. The predicted octanol–water partition coefficient (Wildman–Crippen LogP) is 5.41. The molecule has 3 rings (SSSR count). The average molecular weight is 369 g/mol. The van der Waals surface area contributed by atoms with Crippen molar-refractivity contribution in [2.24, 2.45) is 0 Å². The first-order chi connectivity index (χ1) is 11.0. The van der Waals surface area contributed by atoms with Gasteiger partial charge in [-0.1, -0.05) is 34.5 Å². The van der Waals surface area contributed by atoms with Crippen LogP contribution in [0.2, 0.25) is 10.0 Å². The normalized spacial score (nSPS) is 11.0. The average Bonchev–Trinajstić information content (AvgIpc) is 2.90. The fourth-order valence-corrected chi connectivity index (χ4v) is 3.51. The lowest BCUT2D eigenvalue weighted by Crippen LogP contribution is -2.31. The summed E-state index contributed by atoms with van der Waals surface area (Å²) in [6.07, 6.45) is 0. The zero-order valence-corrected chi connectivity index (χ0v) is 14.3. The summed E-state index contributed by atoms with van der Waals surface area (Å²) in [6, 6.07) is 9.35. The predicted molar refractivity (Wildman–Crippen MR) is 93.4 cm³/mol. The number of rotatable bonds is 3. The molecule has 0 unspecified atom stereocenters. The van der Waals surface area contributed by atoms with Crippen molar-refractivity contribution in [2.75, 3.05) is 11.4 Å². The second kappa shape index (κ2) is 6.43. The number of fused-ring (bicyclic) bond motifs is 1. The highest BCUT2D eigenvalue weighted by atomic mass is 35.5. The molecular formula is C16H11Cl2FN2OS. The quantitative estimate of drug-likeness (QED) is 0.619. The van der Waals surface area contributed by atoms with Gasteiger partial charge in [0.1, 0.15) is 5.82 Å². The first kappa shape index (κ1) is 16.2. The highest BCUT2D eigenvalue weighted by Gasteiger charge is 2.22. The second-order valence-corrected chi connectivity index (χ2v) is 6.66. The Morgan fingerprint density at radius 2 is 1.91 bits per heavy atom. The Balaban J connectivity index is 2.01. The van der Waals surface area contributed by atoms with Crippen LogP contribution in [-0.2, 0) is 0 Å². The number of anilines is 1. The number of thiazole rings is 1. The second-order valence-electron chi connectivity index (χ2n) is 4.78. The minimum absolute atomic E-state index is 0.0338. The molecule has 0 aliphatic rings. The maximum absolute atomic E-state index is 14.0. The van der Waals surface area contributed by atoms with E-state index in [1.807, 2.05) is 13.0 Å². The van der Waals surface area contributed by atoms with Crippen molar-refractivity contribution >= 4 is 55.8 Å². The summed E-state index contributed by atoms with van der Waals surface area (Å²) in [5.41, 5.74) is 0.675. The third-order valence-corrected chi connectivity index (χ3v) is 4.82. The van der Waals surface area contributed by atoms with Crippen molar-refractivity contribution in [1.29, 1.82) is 0 Å². The third kappa shape index (κ3) is 3.17. The van der Waals surface area contributed by atoms with Gasteiger partial charge >= 0.3 is 0 Å². The first-order valence-corrected chi connectivity index (χ1v) is 8.40. The Kier molecular flexibility index (Phi) is 4.53. The molecular weight excluding hydrogens is 358 g/mol. The van der Waals surface area contributed by atoms with Crippen molar-refractivity contribution in [3.63, 3.8) is 0 Å². The van der Waals surface area contributed by atoms with E-state index in [4.69, 9.17) is 23.2 Å². The Morgan fingerprint density at radius 1 is 1.22 bits per heavy atom. The standard InChI is InChI=1S/C16H11Cl2FN2OS/c1-2-21(15(22)11-5-3-9(17)7-12(11)19)16-20-13-8-10(18)4-6-14(13)23-16/h3-8H,2H2,1H3. The summed E-state index contributed by atoms with van der Waals surface area (Å²) in [5, 5.41) is 1.33. The van der Waals surface area contributed by atoms with Gasteiger partial charge in [0, 0.05) is 16.6 Å². The zero-order valence-electron chi connectivity index (χ0n) is 12.0. The van der Waals surface area contributed by atoms with E-state index in [2.05, 4.69) is 4.98 Å². The van der Waals surface area contributed by atoms with Crippen LogP contribution in [0.25, 0.3) is 10.2 Å². The smallest absolute Gasteiger partial charge is 0.263 e. The Hall–Kier alpha value is -1.69. The molecule has 0 N–H and O–H groups in total. The summed E-state index contributed by atoms with van der Waals surface area (Å²) >= 11 is 13.0.